The predicted octanol–water partition coefficient (Wildman–Crippen LogP) is 2.92. The first-order valence-electron chi connectivity index (χ1n) is 2.76. The molecule has 0 radical (unpaired) electrons. The molecule has 0 saturated heterocycles. The van der Waals surface area contributed by atoms with E-state index in [1.165, 1.54) is 0 Å². The number of aromatic hydroxyl groups is 1. The lowest BCUT2D eigenvalue weighted by Crippen LogP contribution is -1.56. The second-order valence-corrected chi connectivity index (χ2v) is 2.14. The summed E-state index contributed by atoms with van der Waals surface area (Å²) >= 11 is 2.91. The third kappa shape index (κ3) is 5.38. The minimum atomic E-state index is 0.322. The van der Waals surface area contributed by atoms with Gasteiger partial charge < -0.3 is 5.11 Å². The van der Waals surface area contributed by atoms with Crippen molar-refractivity contribution in [3.8, 4) is 5.75 Å². The SMILES string of the molecule is C=CBr.Oc1ccccc1. The Morgan fingerprint density at radius 1 is 1.30 bits per heavy atom. The van der Waals surface area contributed by atoms with Gasteiger partial charge in [-0.2, -0.15) is 0 Å². The van der Waals surface area contributed by atoms with E-state index in [1.54, 1.807) is 29.3 Å². The van der Waals surface area contributed by atoms with Gasteiger partial charge >= 0.3 is 0 Å². The molecule has 10 heavy (non-hydrogen) atoms. The highest BCUT2D eigenvalue weighted by Crippen LogP contribution is 2.02. The van der Waals surface area contributed by atoms with Gasteiger partial charge in [0.2, 0.25) is 0 Å². The van der Waals surface area contributed by atoms with E-state index in [9.17, 15) is 0 Å². The summed E-state index contributed by atoms with van der Waals surface area (Å²) in [6.07, 6.45) is 0. The van der Waals surface area contributed by atoms with E-state index in [-0.39, 0.29) is 0 Å². The maximum Gasteiger partial charge on any atom is 0.115 e. The van der Waals surface area contributed by atoms with Gasteiger partial charge in [-0.05, 0) is 17.1 Å². The van der Waals surface area contributed by atoms with E-state index in [0.717, 1.165) is 0 Å². The van der Waals surface area contributed by atoms with Gasteiger partial charge in [0, 0.05) is 0 Å². The Balaban J connectivity index is 0.000000236. The number of para-hydroxylation sites is 1. The zero-order chi connectivity index (χ0) is 7.82. The van der Waals surface area contributed by atoms with Crippen molar-refractivity contribution in [3.63, 3.8) is 0 Å². The van der Waals surface area contributed by atoms with Gasteiger partial charge in [0.15, 0.2) is 0 Å². The Labute approximate surface area is 69.1 Å². The van der Waals surface area contributed by atoms with Crippen molar-refractivity contribution in [3.05, 3.63) is 41.9 Å². The van der Waals surface area contributed by atoms with Crippen LogP contribution >= 0.6 is 15.9 Å². The molecule has 0 aliphatic heterocycles. The molecule has 2 heteroatoms. The number of hydrogen-bond acceptors (Lipinski definition) is 1. The largest absolute Gasteiger partial charge is 0.508 e. The molecule has 1 N–H and O–H groups in total. The van der Waals surface area contributed by atoms with Crippen molar-refractivity contribution in [1.82, 2.24) is 0 Å². The second-order valence-electron chi connectivity index (χ2n) is 1.49. The van der Waals surface area contributed by atoms with E-state index < -0.39 is 0 Å². The summed E-state index contributed by atoms with van der Waals surface area (Å²) in [6, 6.07) is 8.71. The molecule has 0 aromatic heterocycles. The van der Waals surface area contributed by atoms with Crippen LogP contribution in [0.4, 0.5) is 0 Å². The van der Waals surface area contributed by atoms with E-state index in [4.69, 9.17) is 5.11 Å². The smallest absolute Gasteiger partial charge is 0.115 e. The molecular formula is C8H9BrO. The van der Waals surface area contributed by atoms with Gasteiger partial charge in [-0.1, -0.05) is 40.7 Å². The average molecular weight is 201 g/mol. The first kappa shape index (κ1) is 9.24. The van der Waals surface area contributed by atoms with E-state index in [1.807, 2.05) is 6.07 Å². The monoisotopic (exact) mass is 200 g/mol. The third-order valence-electron chi connectivity index (χ3n) is 0.756. The molecule has 54 valence electrons. The lowest BCUT2D eigenvalue weighted by molar-refractivity contribution is 0.475. The summed E-state index contributed by atoms with van der Waals surface area (Å²) in [5, 5.41) is 8.63. The topological polar surface area (TPSA) is 20.2 Å². The minimum Gasteiger partial charge on any atom is -0.508 e. The molecule has 1 aromatic rings. The zero-order valence-electron chi connectivity index (χ0n) is 5.50. The first-order valence-corrected chi connectivity index (χ1v) is 3.68. The van der Waals surface area contributed by atoms with Crippen molar-refractivity contribution < 1.29 is 5.11 Å². The quantitative estimate of drug-likeness (QED) is 0.684. The minimum absolute atomic E-state index is 0.322. The third-order valence-corrected chi connectivity index (χ3v) is 0.756. The number of phenolic OH excluding ortho intramolecular Hbond substituents is 1. The zero-order valence-corrected chi connectivity index (χ0v) is 7.08. The van der Waals surface area contributed by atoms with Crippen LogP contribution < -0.4 is 0 Å². The van der Waals surface area contributed by atoms with E-state index in [2.05, 4.69) is 22.5 Å². The van der Waals surface area contributed by atoms with E-state index >= 15 is 0 Å². The van der Waals surface area contributed by atoms with Gasteiger partial charge in [-0.3, -0.25) is 0 Å². The average Bonchev–Trinajstić information content (AvgIpc) is 1.91. The summed E-state index contributed by atoms with van der Waals surface area (Å²) in [5.41, 5.74) is 0. The van der Waals surface area contributed by atoms with Gasteiger partial charge in [0.05, 0.1) is 0 Å². The summed E-state index contributed by atoms with van der Waals surface area (Å²) in [6.45, 7) is 3.28. The number of hydrogen-bond donors (Lipinski definition) is 1. The fourth-order valence-electron chi connectivity index (χ4n) is 0.428. The standard InChI is InChI=1S/C6H6O.C2H3Br/c7-6-4-2-1-3-5-6;1-2-3/h1-5,7H;2H,1H2. The van der Waals surface area contributed by atoms with Gasteiger partial charge in [0.25, 0.3) is 0 Å². The molecule has 0 spiro atoms. The van der Waals surface area contributed by atoms with Crippen LogP contribution in [-0.2, 0) is 0 Å². The Bertz CT molecular complexity index is 172. The molecule has 1 aromatic carbocycles. The fourth-order valence-corrected chi connectivity index (χ4v) is 0.428. The maximum absolute atomic E-state index is 8.63. The molecule has 0 fully saturated rings. The lowest BCUT2D eigenvalue weighted by atomic mass is 10.3. The molecule has 0 amide bonds. The first-order chi connectivity index (χ1) is 4.81. The summed E-state index contributed by atoms with van der Waals surface area (Å²) < 4.78 is 0. The number of halogens is 1. The van der Waals surface area contributed by atoms with Gasteiger partial charge in [0.1, 0.15) is 5.75 Å². The highest BCUT2D eigenvalue weighted by molar-refractivity contribution is 9.11. The molecule has 0 heterocycles. The highest BCUT2D eigenvalue weighted by atomic mass is 79.9. The summed E-state index contributed by atoms with van der Waals surface area (Å²) in [5.74, 6) is 0.322. The van der Waals surface area contributed by atoms with Crippen LogP contribution in [0.3, 0.4) is 0 Å². The summed E-state index contributed by atoms with van der Waals surface area (Å²) in [7, 11) is 0. The van der Waals surface area contributed by atoms with Gasteiger partial charge in [-0.25, -0.2) is 0 Å². The van der Waals surface area contributed by atoms with Crippen molar-refractivity contribution in [1.29, 1.82) is 0 Å². The van der Waals surface area contributed by atoms with Crippen molar-refractivity contribution in [2.45, 2.75) is 0 Å². The number of benzene rings is 1. The van der Waals surface area contributed by atoms with Crippen molar-refractivity contribution in [2.75, 3.05) is 0 Å². The second kappa shape index (κ2) is 6.36. The number of rotatable bonds is 0. The highest BCUT2D eigenvalue weighted by Gasteiger charge is 1.74. The molecule has 0 saturated carbocycles. The molecule has 0 aliphatic carbocycles. The molecule has 0 aliphatic rings. The Hall–Kier alpha value is -0.760. The molecule has 1 nitrogen and oxygen atoms in total. The fraction of sp³-hybridized carbons (Fsp3) is 0. The molecule has 1 rings (SSSR count). The molecule has 0 unspecified atom stereocenters. The molecular weight excluding hydrogens is 192 g/mol. The van der Waals surface area contributed by atoms with Crippen LogP contribution in [0.2, 0.25) is 0 Å². The van der Waals surface area contributed by atoms with Crippen LogP contribution in [0, 0.1) is 0 Å². The Morgan fingerprint density at radius 3 is 1.90 bits per heavy atom. The normalized spacial score (nSPS) is 7.30. The summed E-state index contributed by atoms with van der Waals surface area (Å²) in [4.78, 5) is 1.56. The van der Waals surface area contributed by atoms with Crippen LogP contribution in [0.25, 0.3) is 0 Å². The van der Waals surface area contributed by atoms with Gasteiger partial charge in [-0.15, -0.1) is 0 Å². The van der Waals surface area contributed by atoms with Crippen LogP contribution in [0.15, 0.2) is 41.9 Å². The van der Waals surface area contributed by atoms with Crippen molar-refractivity contribution in [2.24, 2.45) is 0 Å². The van der Waals surface area contributed by atoms with Crippen LogP contribution in [-0.4, -0.2) is 5.11 Å². The molecule has 0 atom stereocenters. The van der Waals surface area contributed by atoms with Crippen LogP contribution in [0.1, 0.15) is 0 Å². The Kier molecular flexibility index (Phi) is 5.88. The van der Waals surface area contributed by atoms with Crippen LogP contribution in [0.5, 0.6) is 5.75 Å². The lowest BCUT2D eigenvalue weighted by Gasteiger charge is -1.82. The molecule has 0 bridgehead atoms. The van der Waals surface area contributed by atoms with E-state index in [0.29, 0.717) is 5.75 Å². The predicted molar refractivity (Wildman–Crippen MR) is 47.2 cm³/mol. The Morgan fingerprint density at radius 2 is 1.70 bits per heavy atom. The maximum atomic E-state index is 8.63. The number of phenols is 1. The van der Waals surface area contributed by atoms with Crippen molar-refractivity contribution >= 4 is 15.9 Å².